The lowest BCUT2D eigenvalue weighted by Crippen LogP contribution is -2.15. The quantitative estimate of drug-likeness (QED) is 0.554. The van der Waals surface area contributed by atoms with Crippen LogP contribution in [0, 0.1) is 20.8 Å². The zero-order valence-corrected chi connectivity index (χ0v) is 16.7. The molecule has 0 aromatic heterocycles. The van der Waals surface area contributed by atoms with Gasteiger partial charge in [-0.1, -0.05) is 18.2 Å². The van der Waals surface area contributed by atoms with Crippen LogP contribution in [0.3, 0.4) is 0 Å². The van der Waals surface area contributed by atoms with Crippen LogP contribution in [0.4, 0.5) is 5.69 Å². The average Bonchev–Trinajstić information content (AvgIpc) is 2.63. The summed E-state index contributed by atoms with van der Waals surface area (Å²) in [5.41, 5.74) is 2.07. The minimum Gasteiger partial charge on any atom is -0.493 e. The Morgan fingerprint density at radius 1 is 1.08 bits per heavy atom. The van der Waals surface area contributed by atoms with Crippen molar-refractivity contribution in [2.24, 2.45) is 5.92 Å². The van der Waals surface area contributed by atoms with Crippen LogP contribution >= 0.6 is 22.6 Å². The molecule has 132 valence electrons. The lowest BCUT2D eigenvalue weighted by atomic mass is 10.00. The molecule has 0 radical (unpaired) electrons. The van der Waals surface area contributed by atoms with Gasteiger partial charge in [0.15, 0.2) is 0 Å². The lowest BCUT2D eigenvalue weighted by Gasteiger charge is -2.16. The van der Waals surface area contributed by atoms with Crippen LogP contribution in [-0.2, 0) is 6.42 Å². The summed E-state index contributed by atoms with van der Waals surface area (Å²) in [6.07, 6.45) is 0.646. The normalized spacial score (nSPS) is 11.4. The molecule has 5 heteroatoms. The van der Waals surface area contributed by atoms with Crippen molar-refractivity contribution < 1.29 is 9.47 Å². The number of hydrogen-bond donors (Lipinski definition) is 1. The summed E-state index contributed by atoms with van der Waals surface area (Å²) in [6, 6.07) is 16.4. The van der Waals surface area contributed by atoms with Crippen molar-refractivity contribution in [1.82, 2.24) is 0 Å². The number of nitrogens with one attached hydrogen (secondary N) is 1. The molecule has 0 aliphatic rings. The molecule has 2 aromatic rings. The molecule has 2 rings (SSSR count). The molecule has 0 fully saturated rings. The molecule has 0 heterocycles. The third kappa shape index (κ3) is 5.82. The third-order valence-electron chi connectivity index (χ3n) is 3.66. The highest BCUT2D eigenvalue weighted by Gasteiger charge is 2.15. The fourth-order valence-electron chi connectivity index (χ4n) is 2.51. The van der Waals surface area contributed by atoms with E-state index in [4.69, 9.17) is 9.47 Å². The van der Waals surface area contributed by atoms with E-state index < -0.39 is 0 Å². The summed E-state index contributed by atoms with van der Waals surface area (Å²) in [4.78, 5) is 0. The lowest BCUT2D eigenvalue weighted by molar-refractivity contribution is 0.318. The second-order valence-electron chi connectivity index (χ2n) is 5.55. The first-order chi connectivity index (χ1) is 12.2. The van der Waals surface area contributed by atoms with E-state index in [1.165, 1.54) is 0 Å². The zero-order chi connectivity index (χ0) is 18.1. The van der Waals surface area contributed by atoms with E-state index in [9.17, 15) is 5.26 Å². The number of benzene rings is 2. The number of hydrogen-bond acceptors (Lipinski definition) is 4. The minimum absolute atomic E-state index is 0.135. The maximum Gasteiger partial charge on any atom is 0.136 e. The van der Waals surface area contributed by atoms with Crippen LogP contribution in [0.2, 0.25) is 0 Å². The van der Waals surface area contributed by atoms with Crippen molar-refractivity contribution >= 4 is 28.3 Å². The van der Waals surface area contributed by atoms with Gasteiger partial charge in [-0.3, -0.25) is 0 Å². The van der Waals surface area contributed by atoms with Gasteiger partial charge in [0, 0.05) is 12.2 Å². The Morgan fingerprint density at radius 3 is 2.20 bits per heavy atom. The molecule has 0 spiro atoms. The second kappa shape index (κ2) is 10.1. The number of rotatable bonds is 9. The molecule has 0 aliphatic heterocycles. The second-order valence-corrected chi connectivity index (χ2v) is 6.63. The standard InChI is InChI=1S/C20H23IN2O2/c1-3-24-18-11-15(12-19(20(18)21)25-4-2)10-16(13-22)14-23-17-8-6-5-7-9-17/h5-9,11-12,16,23H,3-4,10,14H2,1-2H3. The predicted molar refractivity (Wildman–Crippen MR) is 109 cm³/mol. The molecule has 1 atom stereocenters. The zero-order valence-electron chi connectivity index (χ0n) is 14.6. The number of ether oxygens (including phenoxy) is 2. The first kappa shape index (κ1) is 19.4. The van der Waals surface area contributed by atoms with Crippen molar-refractivity contribution in [3.63, 3.8) is 0 Å². The van der Waals surface area contributed by atoms with Crippen LogP contribution in [-0.4, -0.2) is 19.8 Å². The first-order valence-corrected chi connectivity index (χ1v) is 9.52. The van der Waals surface area contributed by atoms with Crippen LogP contribution in [0.5, 0.6) is 11.5 Å². The summed E-state index contributed by atoms with van der Waals surface area (Å²) < 4.78 is 12.4. The Morgan fingerprint density at radius 2 is 1.68 bits per heavy atom. The highest BCUT2D eigenvalue weighted by Crippen LogP contribution is 2.33. The number of anilines is 1. The summed E-state index contributed by atoms with van der Waals surface area (Å²) >= 11 is 2.24. The maximum atomic E-state index is 9.51. The molecule has 2 aromatic carbocycles. The SMILES string of the molecule is CCOc1cc(CC(C#N)CNc2ccccc2)cc(OCC)c1I. The van der Waals surface area contributed by atoms with Crippen molar-refractivity contribution in [2.75, 3.05) is 25.1 Å². The first-order valence-electron chi connectivity index (χ1n) is 8.44. The Bertz CT molecular complexity index is 686. The number of nitrogens with zero attached hydrogens (tertiary/aromatic N) is 1. The highest BCUT2D eigenvalue weighted by atomic mass is 127. The topological polar surface area (TPSA) is 54.3 Å². The van der Waals surface area contributed by atoms with Gasteiger partial charge in [-0.2, -0.15) is 5.26 Å². The van der Waals surface area contributed by atoms with E-state index in [-0.39, 0.29) is 5.92 Å². The molecule has 4 nitrogen and oxygen atoms in total. The van der Waals surface area contributed by atoms with E-state index in [0.29, 0.717) is 26.2 Å². The van der Waals surface area contributed by atoms with Gasteiger partial charge in [-0.15, -0.1) is 0 Å². The Labute approximate surface area is 163 Å². The minimum atomic E-state index is -0.135. The Kier molecular flexibility index (Phi) is 7.86. The molecule has 25 heavy (non-hydrogen) atoms. The van der Waals surface area contributed by atoms with E-state index in [0.717, 1.165) is 26.3 Å². The van der Waals surface area contributed by atoms with Crippen LogP contribution in [0.25, 0.3) is 0 Å². The molecule has 1 unspecified atom stereocenters. The molecular weight excluding hydrogens is 427 g/mol. The summed E-state index contributed by atoms with van der Waals surface area (Å²) in [5, 5.41) is 12.8. The van der Waals surface area contributed by atoms with Gasteiger partial charge >= 0.3 is 0 Å². The molecule has 0 bridgehead atoms. The van der Waals surface area contributed by atoms with Gasteiger partial charge in [-0.05, 0) is 72.7 Å². The third-order valence-corrected chi connectivity index (χ3v) is 4.72. The summed E-state index contributed by atoms with van der Waals surface area (Å²) in [5.74, 6) is 1.50. The number of para-hydroxylation sites is 1. The maximum absolute atomic E-state index is 9.51. The van der Waals surface area contributed by atoms with Crippen LogP contribution < -0.4 is 14.8 Å². The van der Waals surface area contributed by atoms with E-state index >= 15 is 0 Å². The fraction of sp³-hybridized carbons (Fsp3) is 0.350. The van der Waals surface area contributed by atoms with Gasteiger partial charge in [0.2, 0.25) is 0 Å². The average molecular weight is 450 g/mol. The van der Waals surface area contributed by atoms with Crippen LogP contribution in [0.15, 0.2) is 42.5 Å². The van der Waals surface area contributed by atoms with Crippen molar-refractivity contribution in [1.29, 1.82) is 5.26 Å². The van der Waals surface area contributed by atoms with Gasteiger partial charge < -0.3 is 14.8 Å². The van der Waals surface area contributed by atoms with Gasteiger partial charge in [0.1, 0.15) is 11.5 Å². The smallest absolute Gasteiger partial charge is 0.136 e. The molecule has 0 saturated heterocycles. The monoisotopic (exact) mass is 450 g/mol. The predicted octanol–water partition coefficient (Wildman–Crippen LogP) is 4.88. The molecular formula is C20H23IN2O2. The van der Waals surface area contributed by atoms with Gasteiger partial charge in [0.05, 0.1) is 28.8 Å². The largest absolute Gasteiger partial charge is 0.493 e. The van der Waals surface area contributed by atoms with E-state index in [1.807, 2.05) is 56.3 Å². The van der Waals surface area contributed by atoms with E-state index in [1.54, 1.807) is 0 Å². The molecule has 0 aliphatic carbocycles. The van der Waals surface area contributed by atoms with Crippen LogP contribution in [0.1, 0.15) is 19.4 Å². The Balaban J connectivity index is 2.11. The molecule has 1 N–H and O–H groups in total. The highest BCUT2D eigenvalue weighted by molar-refractivity contribution is 14.1. The summed E-state index contributed by atoms with van der Waals surface area (Å²) in [7, 11) is 0. The Hall–Kier alpha value is -1.94. The number of nitriles is 1. The molecule has 0 saturated carbocycles. The van der Waals surface area contributed by atoms with Crippen molar-refractivity contribution in [3.8, 4) is 17.6 Å². The van der Waals surface area contributed by atoms with E-state index in [2.05, 4.69) is 34.0 Å². The summed E-state index contributed by atoms with van der Waals surface area (Å²) in [6.45, 7) is 5.72. The molecule has 0 amide bonds. The number of halogens is 1. The van der Waals surface area contributed by atoms with Crippen molar-refractivity contribution in [3.05, 3.63) is 51.6 Å². The fourth-order valence-corrected chi connectivity index (χ4v) is 3.13. The van der Waals surface area contributed by atoms with Crippen molar-refractivity contribution in [2.45, 2.75) is 20.3 Å². The van der Waals surface area contributed by atoms with Gasteiger partial charge in [-0.25, -0.2) is 0 Å². The van der Waals surface area contributed by atoms with Gasteiger partial charge in [0.25, 0.3) is 0 Å².